The number of rotatable bonds is 4. The summed E-state index contributed by atoms with van der Waals surface area (Å²) in [5, 5.41) is 2.84. The van der Waals surface area contributed by atoms with E-state index < -0.39 is 0 Å². The van der Waals surface area contributed by atoms with Gasteiger partial charge in [0.1, 0.15) is 5.82 Å². The Morgan fingerprint density at radius 3 is 2.38 bits per heavy atom. The number of likely N-dealkylation sites (tertiary alicyclic amines) is 1. The monoisotopic (exact) mass is 392 g/mol. The van der Waals surface area contributed by atoms with Gasteiger partial charge in [0.25, 0.3) is 0 Å². The topological polar surface area (TPSA) is 82.6 Å². The fourth-order valence-corrected chi connectivity index (χ4v) is 4.02. The van der Waals surface area contributed by atoms with Crippen molar-refractivity contribution >= 4 is 29.2 Å². The highest BCUT2D eigenvalue weighted by molar-refractivity contribution is 6.00. The molecule has 3 amide bonds. The average molecular weight is 392 g/mol. The van der Waals surface area contributed by atoms with Crippen molar-refractivity contribution in [3.63, 3.8) is 0 Å². The standard InChI is InChI=1S/C22H24N4O3/c27-20-14-17(15-26(20)18-6-2-1-3-7-18)22(29)25-12-9-16(10-13-25)21(28)24-19-8-4-5-11-23-19/h1-8,11,16-17H,9-10,12-15H2,(H,23,24,28). The first kappa shape index (κ1) is 19.1. The zero-order valence-electron chi connectivity index (χ0n) is 16.2. The maximum atomic E-state index is 12.9. The number of para-hydroxylation sites is 1. The molecule has 0 aliphatic carbocycles. The molecule has 2 aromatic rings. The molecule has 4 rings (SSSR count). The Morgan fingerprint density at radius 2 is 1.69 bits per heavy atom. The van der Waals surface area contributed by atoms with Crippen LogP contribution in [0, 0.1) is 11.8 Å². The van der Waals surface area contributed by atoms with Crippen molar-refractivity contribution < 1.29 is 14.4 Å². The lowest BCUT2D eigenvalue weighted by Gasteiger charge is -2.32. The molecule has 1 N–H and O–H groups in total. The molecule has 1 aromatic heterocycles. The SMILES string of the molecule is O=C(Nc1ccccn1)C1CCN(C(=O)C2CC(=O)N(c3ccccc3)C2)CC1. The second-order valence-electron chi connectivity index (χ2n) is 7.54. The van der Waals surface area contributed by atoms with Gasteiger partial charge in [-0.1, -0.05) is 24.3 Å². The highest BCUT2D eigenvalue weighted by Crippen LogP contribution is 2.28. The van der Waals surface area contributed by atoms with Gasteiger partial charge in [0.2, 0.25) is 17.7 Å². The summed E-state index contributed by atoms with van der Waals surface area (Å²) in [5.74, 6) is 0.0387. The number of pyridine rings is 1. The number of hydrogen-bond acceptors (Lipinski definition) is 4. The van der Waals surface area contributed by atoms with Crippen LogP contribution in [-0.4, -0.2) is 47.2 Å². The summed E-state index contributed by atoms with van der Waals surface area (Å²) in [6, 6.07) is 14.8. The van der Waals surface area contributed by atoms with Crippen LogP contribution in [0.25, 0.3) is 0 Å². The number of nitrogens with zero attached hydrogens (tertiary/aromatic N) is 3. The molecule has 1 aromatic carbocycles. The molecular formula is C22H24N4O3. The number of anilines is 2. The summed E-state index contributed by atoms with van der Waals surface area (Å²) >= 11 is 0. The number of benzene rings is 1. The van der Waals surface area contributed by atoms with E-state index in [-0.39, 0.29) is 36.0 Å². The number of carbonyl (C=O) groups is 3. The van der Waals surface area contributed by atoms with E-state index in [9.17, 15) is 14.4 Å². The van der Waals surface area contributed by atoms with Crippen LogP contribution in [0.4, 0.5) is 11.5 Å². The third kappa shape index (κ3) is 4.29. The predicted octanol–water partition coefficient (Wildman–Crippen LogP) is 2.31. The number of aromatic nitrogens is 1. The molecular weight excluding hydrogens is 368 g/mol. The van der Waals surface area contributed by atoms with Gasteiger partial charge in [0.05, 0.1) is 5.92 Å². The van der Waals surface area contributed by atoms with E-state index in [1.54, 1.807) is 28.1 Å². The first-order valence-electron chi connectivity index (χ1n) is 9.98. The minimum atomic E-state index is -0.318. The first-order chi connectivity index (χ1) is 14.1. The molecule has 0 radical (unpaired) electrons. The fraction of sp³-hybridized carbons (Fsp3) is 0.364. The van der Waals surface area contributed by atoms with Gasteiger partial charge in [-0.15, -0.1) is 0 Å². The van der Waals surface area contributed by atoms with Gasteiger partial charge in [-0.3, -0.25) is 14.4 Å². The Kier molecular flexibility index (Phi) is 5.55. The molecule has 3 heterocycles. The normalized spacial score (nSPS) is 20.0. The summed E-state index contributed by atoms with van der Waals surface area (Å²) in [7, 11) is 0. The van der Waals surface area contributed by atoms with Gasteiger partial charge in [0.15, 0.2) is 0 Å². The second-order valence-corrected chi connectivity index (χ2v) is 7.54. The molecule has 2 aliphatic rings. The summed E-state index contributed by atoms with van der Waals surface area (Å²) < 4.78 is 0. The summed E-state index contributed by atoms with van der Waals surface area (Å²) in [6.07, 6.45) is 3.12. The van der Waals surface area contributed by atoms with Crippen molar-refractivity contribution in [2.45, 2.75) is 19.3 Å². The molecule has 7 heteroatoms. The number of carbonyl (C=O) groups excluding carboxylic acids is 3. The van der Waals surface area contributed by atoms with Crippen LogP contribution in [0.1, 0.15) is 19.3 Å². The lowest BCUT2D eigenvalue weighted by molar-refractivity contribution is -0.138. The Hall–Kier alpha value is -3.22. The van der Waals surface area contributed by atoms with Crippen LogP contribution in [0.5, 0.6) is 0 Å². The van der Waals surface area contributed by atoms with Gasteiger partial charge in [-0.2, -0.15) is 0 Å². The molecule has 1 atom stereocenters. The molecule has 0 bridgehead atoms. The van der Waals surface area contributed by atoms with Gasteiger partial charge in [-0.25, -0.2) is 4.98 Å². The van der Waals surface area contributed by atoms with Crippen molar-refractivity contribution in [1.82, 2.24) is 9.88 Å². The van der Waals surface area contributed by atoms with E-state index in [4.69, 9.17) is 0 Å². The van der Waals surface area contributed by atoms with Crippen molar-refractivity contribution in [1.29, 1.82) is 0 Å². The van der Waals surface area contributed by atoms with Crippen molar-refractivity contribution in [2.75, 3.05) is 29.9 Å². The smallest absolute Gasteiger partial charge is 0.228 e. The molecule has 2 aliphatic heterocycles. The first-order valence-corrected chi connectivity index (χ1v) is 9.98. The van der Waals surface area contributed by atoms with Crippen LogP contribution >= 0.6 is 0 Å². The van der Waals surface area contributed by atoms with Crippen LogP contribution in [0.15, 0.2) is 54.7 Å². The Labute approximate surface area is 169 Å². The van der Waals surface area contributed by atoms with Crippen molar-refractivity contribution in [3.05, 3.63) is 54.7 Å². The molecule has 2 fully saturated rings. The van der Waals surface area contributed by atoms with E-state index in [2.05, 4.69) is 10.3 Å². The minimum Gasteiger partial charge on any atom is -0.342 e. The van der Waals surface area contributed by atoms with Crippen LogP contribution in [0.2, 0.25) is 0 Å². The maximum absolute atomic E-state index is 12.9. The van der Waals surface area contributed by atoms with Crippen LogP contribution in [0.3, 0.4) is 0 Å². The molecule has 1 unspecified atom stereocenters. The van der Waals surface area contributed by atoms with E-state index in [0.717, 1.165) is 5.69 Å². The third-order valence-electron chi connectivity index (χ3n) is 5.64. The second kappa shape index (κ2) is 8.43. The minimum absolute atomic E-state index is 0.0142. The quantitative estimate of drug-likeness (QED) is 0.866. The highest BCUT2D eigenvalue weighted by Gasteiger charge is 2.38. The largest absolute Gasteiger partial charge is 0.342 e. The van der Waals surface area contributed by atoms with E-state index in [0.29, 0.717) is 38.3 Å². The Morgan fingerprint density at radius 1 is 0.966 bits per heavy atom. The number of amides is 3. The Balaban J connectivity index is 1.30. The molecule has 150 valence electrons. The zero-order chi connectivity index (χ0) is 20.2. The summed E-state index contributed by atoms with van der Waals surface area (Å²) in [4.78, 5) is 45.4. The average Bonchev–Trinajstić information content (AvgIpc) is 3.16. The zero-order valence-corrected chi connectivity index (χ0v) is 16.2. The summed E-state index contributed by atoms with van der Waals surface area (Å²) in [5.41, 5.74) is 0.831. The van der Waals surface area contributed by atoms with Gasteiger partial charge in [0, 0.05) is 43.9 Å². The number of nitrogens with one attached hydrogen (secondary N) is 1. The predicted molar refractivity (Wildman–Crippen MR) is 109 cm³/mol. The van der Waals surface area contributed by atoms with Crippen molar-refractivity contribution in [2.24, 2.45) is 11.8 Å². The lowest BCUT2D eigenvalue weighted by atomic mass is 9.94. The van der Waals surface area contributed by atoms with Crippen LogP contribution in [-0.2, 0) is 14.4 Å². The number of hydrogen-bond donors (Lipinski definition) is 1. The van der Waals surface area contributed by atoms with E-state index >= 15 is 0 Å². The van der Waals surface area contributed by atoms with Gasteiger partial charge >= 0.3 is 0 Å². The van der Waals surface area contributed by atoms with Gasteiger partial charge < -0.3 is 15.1 Å². The van der Waals surface area contributed by atoms with Crippen LogP contribution < -0.4 is 10.2 Å². The number of piperidine rings is 1. The fourth-order valence-electron chi connectivity index (χ4n) is 4.02. The van der Waals surface area contributed by atoms with Gasteiger partial charge in [-0.05, 0) is 37.1 Å². The lowest BCUT2D eigenvalue weighted by Crippen LogP contribution is -2.44. The molecule has 2 saturated heterocycles. The highest BCUT2D eigenvalue weighted by atomic mass is 16.2. The molecule has 0 saturated carbocycles. The van der Waals surface area contributed by atoms with E-state index in [1.807, 2.05) is 36.4 Å². The molecule has 0 spiro atoms. The third-order valence-corrected chi connectivity index (χ3v) is 5.64. The summed E-state index contributed by atoms with van der Waals surface area (Å²) in [6.45, 7) is 1.49. The Bertz CT molecular complexity index is 879. The molecule has 7 nitrogen and oxygen atoms in total. The molecule has 29 heavy (non-hydrogen) atoms. The maximum Gasteiger partial charge on any atom is 0.228 e. The van der Waals surface area contributed by atoms with E-state index in [1.165, 1.54) is 0 Å². The van der Waals surface area contributed by atoms with Crippen molar-refractivity contribution in [3.8, 4) is 0 Å².